The Morgan fingerprint density at radius 1 is 1.31 bits per heavy atom. The molecule has 0 aromatic carbocycles. The Hall–Kier alpha value is -0.353. The number of piperidine rings is 1. The van der Waals surface area contributed by atoms with Gasteiger partial charge in [0, 0.05) is 13.0 Å². The standard InChI is InChI=1S/C12H25NO2Si/c1-12(2,3)16(4,5)15-10-13-9-7-6-8-11(13)14/h6-10H2,1-5H3. The second kappa shape index (κ2) is 4.88. The number of hydrogen-bond donors (Lipinski definition) is 0. The molecule has 94 valence electrons. The van der Waals surface area contributed by atoms with Crippen molar-refractivity contribution in [1.82, 2.24) is 4.90 Å². The molecular formula is C12H25NO2Si. The quantitative estimate of drug-likeness (QED) is 0.713. The molecule has 3 nitrogen and oxygen atoms in total. The highest BCUT2D eigenvalue weighted by Crippen LogP contribution is 2.36. The maximum Gasteiger partial charge on any atom is 0.224 e. The Kier molecular flexibility index (Phi) is 4.18. The van der Waals surface area contributed by atoms with E-state index in [1.165, 1.54) is 0 Å². The van der Waals surface area contributed by atoms with Gasteiger partial charge < -0.3 is 9.33 Å². The number of carbonyl (C=O) groups excluding carboxylic acids is 1. The van der Waals surface area contributed by atoms with E-state index in [1.54, 1.807) is 0 Å². The van der Waals surface area contributed by atoms with Gasteiger partial charge in [0.25, 0.3) is 0 Å². The third kappa shape index (κ3) is 3.32. The lowest BCUT2D eigenvalue weighted by Crippen LogP contribution is -2.46. The number of carbonyl (C=O) groups is 1. The molecule has 0 radical (unpaired) electrons. The molecule has 0 aromatic heterocycles. The fourth-order valence-corrected chi connectivity index (χ4v) is 2.37. The lowest BCUT2D eigenvalue weighted by atomic mass is 10.1. The monoisotopic (exact) mass is 243 g/mol. The van der Waals surface area contributed by atoms with E-state index in [0.29, 0.717) is 13.2 Å². The summed E-state index contributed by atoms with van der Waals surface area (Å²) in [5.41, 5.74) is 0. The average Bonchev–Trinajstić information content (AvgIpc) is 2.15. The molecule has 0 bridgehead atoms. The maximum atomic E-state index is 11.6. The number of hydrogen-bond acceptors (Lipinski definition) is 2. The summed E-state index contributed by atoms with van der Waals surface area (Å²) in [7, 11) is -1.71. The van der Waals surface area contributed by atoms with E-state index in [0.717, 1.165) is 19.4 Å². The van der Waals surface area contributed by atoms with E-state index >= 15 is 0 Å². The van der Waals surface area contributed by atoms with Gasteiger partial charge in [0.1, 0.15) is 6.73 Å². The number of amides is 1. The lowest BCUT2D eigenvalue weighted by Gasteiger charge is -2.38. The van der Waals surface area contributed by atoms with Gasteiger partial charge in [-0.1, -0.05) is 20.8 Å². The highest BCUT2D eigenvalue weighted by molar-refractivity contribution is 6.74. The van der Waals surface area contributed by atoms with Crippen LogP contribution in [0.5, 0.6) is 0 Å². The minimum Gasteiger partial charge on any atom is -0.399 e. The molecule has 0 spiro atoms. The fraction of sp³-hybridized carbons (Fsp3) is 0.917. The third-order valence-electron chi connectivity index (χ3n) is 3.81. The lowest BCUT2D eigenvalue weighted by molar-refractivity contribution is -0.136. The van der Waals surface area contributed by atoms with Crippen LogP contribution in [-0.2, 0) is 9.22 Å². The molecule has 1 fully saturated rings. The van der Waals surface area contributed by atoms with Gasteiger partial charge in [0.05, 0.1) is 0 Å². The SMILES string of the molecule is CC(C)(C)[Si](C)(C)OCN1CCCCC1=O. The van der Waals surface area contributed by atoms with Crippen LogP contribution in [0.1, 0.15) is 40.0 Å². The highest BCUT2D eigenvalue weighted by atomic mass is 28.4. The van der Waals surface area contributed by atoms with E-state index in [2.05, 4.69) is 33.9 Å². The van der Waals surface area contributed by atoms with Crippen molar-refractivity contribution in [3.8, 4) is 0 Å². The molecule has 1 rings (SSSR count). The summed E-state index contributed by atoms with van der Waals surface area (Å²) in [5, 5.41) is 0.214. The van der Waals surface area contributed by atoms with Gasteiger partial charge in [-0.3, -0.25) is 4.79 Å². The number of rotatable bonds is 3. The van der Waals surface area contributed by atoms with Crippen molar-refractivity contribution in [3.05, 3.63) is 0 Å². The Morgan fingerprint density at radius 2 is 1.94 bits per heavy atom. The molecule has 1 heterocycles. The normalized spacial score (nSPS) is 19.1. The molecule has 1 aliphatic heterocycles. The van der Waals surface area contributed by atoms with E-state index < -0.39 is 8.32 Å². The fourth-order valence-electron chi connectivity index (χ4n) is 1.45. The maximum absolute atomic E-state index is 11.6. The molecule has 16 heavy (non-hydrogen) atoms. The summed E-state index contributed by atoms with van der Waals surface area (Å²) >= 11 is 0. The molecular weight excluding hydrogens is 218 g/mol. The van der Waals surface area contributed by atoms with Crippen molar-refractivity contribution in [2.24, 2.45) is 0 Å². The largest absolute Gasteiger partial charge is 0.399 e. The summed E-state index contributed by atoms with van der Waals surface area (Å²) in [6.45, 7) is 12.5. The topological polar surface area (TPSA) is 29.5 Å². The van der Waals surface area contributed by atoms with Crippen LogP contribution in [0.2, 0.25) is 18.1 Å². The number of likely N-dealkylation sites (tertiary alicyclic amines) is 1. The molecule has 0 N–H and O–H groups in total. The first-order valence-corrected chi connectivity index (χ1v) is 9.06. The zero-order valence-electron chi connectivity index (χ0n) is 11.3. The predicted octanol–water partition coefficient (Wildman–Crippen LogP) is 2.98. The summed E-state index contributed by atoms with van der Waals surface area (Å²) < 4.78 is 6.05. The van der Waals surface area contributed by atoms with Crippen molar-refractivity contribution in [3.63, 3.8) is 0 Å². The van der Waals surface area contributed by atoms with Gasteiger partial charge in [0.2, 0.25) is 5.91 Å². The van der Waals surface area contributed by atoms with Crippen LogP contribution in [0, 0.1) is 0 Å². The van der Waals surface area contributed by atoms with Gasteiger partial charge in [0.15, 0.2) is 8.32 Å². The first-order chi connectivity index (χ1) is 7.24. The summed E-state index contributed by atoms with van der Waals surface area (Å²) in [4.78, 5) is 13.5. The molecule has 0 aliphatic carbocycles. The third-order valence-corrected chi connectivity index (χ3v) is 8.27. The van der Waals surface area contributed by atoms with E-state index in [4.69, 9.17) is 4.43 Å². The molecule has 0 unspecified atom stereocenters. The molecule has 0 saturated carbocycles. The van der Waals surface area contributed by atoms with Gasteiger partial charge in [-0.25, -0.2) is 0 Å². The van der Waals surface area contributed by atoms with Crippen molar-refractivity contribution in [1.29, 1.82) is 0 Å². The average molecular weight is 243 g/mol. The first-order valence-electron chi connectivity index (χ1n) is 6.16. The van der Waals surface area contributed by atoms with Crippen molar-refractivity contribution in [2.45, 2.75) is 58.2 Å². The Balaban J connectivity index is 2.47. The molecule has 1 aliphatic rings. The minimum atomic E-state index is -1.71. The molecule has 1 amide bonds. The smallest absolute Gasteiger partial charge is 0.224 e. The minimum absolute atomic E-state index is 0.214. The van der Waals surface area contributed by atoms with Crippen molar-refractivity contribution in [2.75, 3.05) is 13.3 Å². The van der Waals surface area contributed by atoms with Crippen LogP contribution < -0.4 is 0 Å². The van der Waals surface area contributed by atoms with Crippen LogP contribution in [0.15, 0.2) is 0 Å². The highest BCUT2D eigenvalue weighted by Gasteiger charge is 2.37. The molecule has 4 heteroatoms. The van der Waals surface area contributed by atoms with Crippen LogP contribution in [-0.4, -0.2) is 32.4 Å². The zero-order chi connectivity index (χ0) is 12.4. The van der Waals surface area contributed by atoms with Crippen molar-refractivity contribution >= 4 is 14.2 Å². The molecule has 0 atom stereocenters. The van der Waals surface area contributed by atoms with Gasteiger partial charge >= 0.3 is 0 Å². The van der Waals surface area contributed by atoms with Gasteiger partial charge in [-0.2, -0.15) is 0 Å². The predicted molar refractivity (Wildman–Crippen MR) is 68.7 cm³/mol. The van der Waals surface area contributed by atoms with Crippen LogP contribution >= 0.6 is 0 Å². The zero-order valence-corrected chi connectivity index (χ0v) is 12.3. The van der Waals surface area contributed by atoms with Crippen LogP contribution in [0.4, 0.5) is 0 Å². The Bertz CT molecular complexity index is 258. The Morgan fingerprint density at radius 3 is 2.44 bits per heavy atom. The Labute approximate surface area is 100 Å². The van der Waals surface area contributed by atoms with Crippen LogP contribution in [0.25, 0.3) is 0 Å². The van der Waals surface area contributed by atoms with E-state index in [-0.39, 0.29) is 10.9 Å². The van der Waals surface area contributed by atoms with Crippen molar-refractivity contribution < 1.29 is 9.22 Å². The van der Waals surface area contributed by atoms with E-state index in [1.807, 2.05) is 4.90 Å². The summed E-state index contributed by atoms with van der Waals surface area (Å²) in [6, 6.07) is 0. The second-order valence-corrected chi connectivity index (χ2v) is 11.0. The second-order valence-electron chi connectivity index (χ2n) is 6.15. The van der Waals surface area contributed by atoms with Gasteiger partial charge in [-0.15, -0.1) is 0 Å². The first kappa shape index (κ1) is 13.7. The van der Waals surface area contributed by atoms with E-state index in [9.17, 15) is 4.79 Å². The van der Waals surface area contributed by atoms with Gasteiger partial charge in [-0.05, 0) is 31.0 Å². The molecule has 0 aromatic rings. The summed E-state index contributed by atoms with van der Waals surface area (Å²) in [6.07, 6.45) is 2.85. The molecule has 1 saturated heterocycles. The number of nitrogens with zero attached hydrogens (tertiary/aromatic N) is 1. The summed E-state index contributed by atoms with van der Waals surface area (Å²) in [5.74, 6) is 0.255. The van der Waals surface area contributed by atoms with Crippen LogP contribution in [0.3, 0.4) is 0 Å².